The highest BCUT2D eigenvalue weighted by Gasteiger charge is 2.21. The number of nitrogens with one attached hydrogen (secondary N) is 2. The molecule has 0 fully saturated rings. The molecule has 0 saturated heterocycles. The third kappa shape index (κ3) is 1.86. The van der Waals surface area contributed by atoms with Gasteiger partial charge in [-0.25, -0.2) is 5.10 Å². The van der Waals surface area contributed by atoms with Crippen molar-refractivity contribution in [3.05, 3.63) is 17.5 Å². The Bertz CT molecular complexity index is 359. The molecule has 5 heteroatoms. The van der Waals surface area contributed by atoms with Crippen molar-refractivity contribution in [2.45, 2.75) is 25.7 Å². The van der Waals surface area contributed by atoms with E-state index in [9.17, 15) is 0 Å². The molecular formula is C10H15ClN4. The Morgan fingerprint density at radius 2 is 2.13 bits per heavy atom. The van der Waals surface area contributed by atoms with E-state index in [0.717, 1.165) is 19.0 Å². The first-order valence-electron chi connectivity index (χ1n) is 5.34. The highest BCUT2D eigenvalue weighted by Crippen LogP contribution is 2.17. The van der Waals surface area contributed by atoms with E-state index in [1.54, 1.807) is 0 Å². The first-order valence-corrected chi connectivity index (χ1v) is 5.34. The summed E-state index contributed by atoms with van der Waals surface area (Å²) in [6.07, 6.45) is 7.23. The lowest BCUT2D eigenvalue weighted by Gasteiger charge is -2.06. The van der Waals surface area contributed by atoms with Gasteiger partial charge in [-0.15, -0.1) is 9.67 Å². The molecule has 0 bridgehead atoms. The van der Waals surface area contributed by atoms with Gasteiger partial charge in [0.1, 0.15) is 6.54 Å². The predicted molar refractivity (Wildman–Crippen MR) is 53.3 cm³/mol. The molecule has 3 rings (SSSR count). The predicted octanol–water partition coefficient (Wildman–Crippen LogP) is -3.01. The number of nitrogens with zero attached hydrogens (tertiary/aromatic N) is 2. The first-order chi connectivity index (χ1) is 6.93. The Kier molecular flexibility index (Phi) is 2.95. The number of aryl methyl sites for hydroxylation is 2. The van der Waals surface area contributed by atoms with Crippen LogP contribution >= 0.6 is 0 Å². The summed E-state index contributed by atoms with van der Waals surface area (Å²) in [5.74, 6) is 0.972. The van der Waals surface area contributed by atoms with E-state index in [1.165, 1.54) is 36.9 Å². The van der Waals surface area contributed by atoms with Gasteiger partial charge in [-0.1, -0.05) is 0 Å². The summed E-state index contributed by atoms with van der Waals surface area (Å²) in [5, 5.41) is 6.66. The fourth-order valence-corrected chi connectivity index (χ4v) is 2.19. The van der Waals surface area contributed by atoms with Crippen molar-refractivity contribution >= 4 is 5.96 Å². The minimum absolute atomic E-state index is 0. The Balaban J connectivity index is 0.000000853. The van der Waals surface area contributed by atoms with Gasteiger partial charge >= 0.3 is 5.96 Å². The first kappa shape index (κ1) is 10.5. The van der Waals surface area contributed by atoms with Crippen molar-refractivity contribution in [1.82, 2.24) is 10.4 Å². The van der Waals surface area contributed by atoms with Crippen molar-refractivity contribution in [2.75, 3.05) is 13.1 Å². The highest BCUT2D eigenvalue weighted by atomic mass is 35.5. The van der Waals surface area contributed by atoms with Crippen molar-refractivity contribution < 1.29 is 17.1 Å². The van der Waals surface area contributed by atoms with Crippen molar-refractivity contribution in [3.63, 3.8) is 0 Å². The summed E-state index contributed by atoms with van der Waals surface area (Å²) in [5.41, 5.74) is 2.86. The number of aliphatic imine (C=N–C) groups is 1. The number of aromatic nitrogens is 2. The van der Waals surface area contributed by atoms with Gasteiger partial charge < -0.3 is 12.4 Å². The van der Waals surface area contributed by atoms with Crippen LogP contribution in [0.4, 0.5) is 0 Å². The van der Waals surface area contributed by atoms with Crippen LogP contribution < -0.4 is 22.4 Å². The summed E-state index contributed by atoms with van der Waals surface area (Å²) in [7, 11) is 0. The average molecular weight is 227 g/mol. The summed E-state index contributed by atoms with van der Waals surface area (Å²) in [6, 6.07) is 0. The summed E-state index contributed by atoms with van der Waals surface area (Å²) >= 11 is 0. The van der Waals surface area contributed by atoms with Crippen LogP contribution in [0.2, 0.25) is 0 Å². The zero-order chi connectivity index (χ0) is 9.38. The molecule has 0 radical (unpaired) electrons. The maximum Gasteiger partial charge on any atom is 0.408 e. The van der Waals surface area contributed by atoms with E-state index in [2.05, 4.69) is 21.6 Å². The lowest BCUT2D eigenvalue weighted by molar-refractivity contribution is -0.621. The van der Waals surface area contributed by atoms with Crippen molar-refractivity contribution in [2.24, 2.45) is 4.99 Å². The number of H-pyrrole nitrogens is 1. The standard InChI is InChI=1S/C10H14N4.ClH/c1-2-4-9-8(3-1)7-14(13-9)10-11-5-6-12-10;/h7H,1-6H2,(H,11,12);1H. The minimum Gasteiger partial charge on any atom is -1.00 e. The van der Waals surface area contributed by atoms with E-state index in [1.807, 2.05) is 4.68 Å². The highest BCUT2D eigenvalue weighted by molar-refractivity contribution is 5.71. The summed E-state index contributed by atoms with van der Waals surface area (Å²) in [4.78, 5) is 4.39. The van der Waals surface area contributed by atoms with Crippen LogP contribution in [0.15, 0.2) is 11.2 Å². The smallest absolute Gasteiger partial charge is 0.408 e. The van der Waals surface area contributed by atoms with Gasteiger partial charge in [0.05, 0.1) is 18.4 Å². The lowest BCUT2D eigenvalue weighted by Crippen LogP contribution is -3.00. The van der Waals surface area contributed by atoms with Crippen LogP contribution in [-0.2, 0) is 12.8 Å². The van der Waals surface area contributed by atoms with Crippen LogP contribution in [-0.4, -0.2) is 24.1 Å². The number of fused-ring (bicyclic) bond motifs is 1. The van der Waals surface area contributed by atoms with E-state index in [4.69, 9.17) is 0 Å². The molecule has 2 aliphatic rings. The molecule has 1 aliphatic heterocycles. The molecule has 0 aromatic carbocycles. The molecule has 1 aliphatic carbocycles. The van der Waals surface area contributed by atoms with Gasteiger partial charge in [0, 0.05) is 5.56 Å². The van der Waals surface area contributed by atoms with Gasteiger partial charge in [0.25, 0.3) is 0 Å². The van der Waals surface area contributed by atoms with Crippen LogP contribution in [0.25, 0.3) is 0 Å². The molecule has 0 unspecified atom stereocenters. The van der Waals surface area contributed by atoms with E-state index in [0.29, 0.717) is 0 Å². The SMILES string of the molecule is [Cl-].c1c2c([nH][n+]1C1=NCCN1)CCCC2. The average Bonchev–Trinajstić information content (AvgIpc) is 2.86. The normalized spacial score (nSPS) is 18.8. The number of hydrogen-bond donors (Lipinski definition) is 2. The van der Waals surface area contributed by atoms with E-state index in [-0.39, 0.29) is 12.4 Å². The third-order valence-electron chi connectivity index (χ3n) is 2.94. The molecule has 1 aromatic rings. The Labute approximate surface area is 95.2 Å². The zero-order valence-corrected chi connectivity index (χ0v) is 9.35. The number of halogens is 1. The Morgan fingerprint density at radius 3 is 2.87 bits per heavy atom. The molecule has 0 spiro atoms. The molecule has 0 amide bonds. The molecule has 1 aromatic heterocycles. The molecular weight excluding hydrogens is 212 g/mol. The second kappa shape index (κ2) is 4.23. The number of rotatable bonds is 0. The Morgan fingerprint density at radius 1 is 1.27 bits per heavy atom. The van der Waals surface area contributed by atoms with Crippen LogP contribution in [0.1, 0.15) is 24.1 Å². The molecule has 82 valence electrons. The monoisotopic (exact) mass is 226 g/mol. The quantitative estimate of drug-likeness (QED) is 0.455. The van der Waals surface area contributed by atoms with Crippen LogP contribution in [0, 0.1) is 0 Å². The van der Waals surface area contributed by atoms with Gasteiger partial charge in [0.2, 0.25) is 0 Å². The van der Waals surface area contributed by atoms with Crippen molar-refractivity contribution in [1.29, 1.82) is 0 Å². The van der Waals surface area contributed by atoms with E-state index < -0.39 is 0 Å². The molecule has 15 heavy (non-hydrogen) atoms. The van der Waals surface area contributed by atoms with E-state index >= 15 is 0 Å². The zero-order valence-electron chi connectivity index (χ0n) is 8.59. The fourth-order valence-electron chi connectivity index (χ4n) is 2.19. The molecule has 0 saturated carbocycles. The number of hydrogen-bond acceptors (Lipinski definition) is 2. The van der Waals surface area contributed by atoms with Gasteiger partial charge in [-0.05, 0) is 25.7 Å². The van der Waals surface area contributed by atoms with Gasteiger partial charge in [-0.3, -0.25) is 5.32 Å². The fraction of sp³-hybridized carbons (Fsp3) is 0.600. The van der Waals surface area contributed by atoms with Crippen molar-refractivity contribution in [3.8, 4) is 0 Å². The maximum absolute atomic E-state index is 4.39. The second-order valence-corrected chi connectivity index (χ2v) is 3.95. The van der Waals surface area contributed by atoms with Crippen LogP contribution in [0.3, 0.4) is 0 Å². The maximum atomic E-state index is 4.39. The van der Waals surface area contributed by atoms with Gasteiger partial charge in [-0.2, -0.15) is 0 Å². The third-order valence-corrected chi connectivity index (χ3v) is 2.94. The largest absolute Gasteiger partial charge is 1.00 e. The second-order valence-electron chi connectivity index (χ2n) is 3.95. The lowest BCUT2D eigenvalue weighted by atomic mass is 9.99. The summed E-state index contributed by atoms with van der Waals surface area (Å²) < 4.78 is 2.03. The summed E-state index contributed by atoms with van der Waals surface area (Å²) in [6.45, 7) is 1.86. The molecule has 2 heterocycles. The minimum atomic E-state index is 0. The molecule has 4 nitrogen and oxygen atoms in total. The molecule has 0 atom stereocenters. The van der Waals surface area contributed by atoms with Crippen LogP contribution in [0.5, 0.6) is 0 Å². The topological polar surface area (TPSA) is 44.1 Å². The van der Waals surface area contributed by atoms with Gasteiger partial charge in [0.15, 0.2) is 0 Å². The Hall–Kier alpha value is -1.03. The number of aromatic amines is 1. The molecule has 2 N–H and O–H groups in total.